The summed E-state index contributed by atoms with van der Waals surface area (Å²) >= 11 is 8.07. The topological polar surface area (TPSA) is 49.9 Å². The maximum absolute atomic E-state index is 13.0. The van der Waals surface area contributed by atoms with E-state index >= 15 is 0 Å². The van der Waals surface area contributed by atoms with Gasteiger partial charge in [0.25, 0.3) is 0 Å². The van der Waals surface area contributed by atoms with Crippen molar-refractivity contribution in [1.82, 2.24) is 9.80 Å². The lowest BCUT2D eigenvalue weighted by atomic mass is 10.2. The summed E-state index contributed by atoms with van der Waals surface area (Å²) in [6.45, 7) is 4.92. The molecule has 1 aromatic carbocycles. The van der Waals surface area contributed by atoms with Gasteiger partial charge in [-0.2, -0.15) is 0 Å². The first-order valence-electron chi connectivity index (χ1n) is 9.10. The Hall–Kier alpha value is -1.24. The van der Waals surface area contributed by atoms with E-state index < -0.39 is 6.04 Å². The van der Waals surface area contributed by atoms with Crippen molar-refractivity contribution in [3.05, 3.63) is 34.9 Å². The minimum absolute atomic E-state index is 0.0444. The van der Waals surface area contributed by atoms with Crippen LogP contribution in [0, 0.1) is 0 Å². The van der Waals surface area contributed by atoms with Crippen LogP contribution in [0.1, 0.15) is 37.6 Å². The van der Waals surface area contributed by atoms with Crippen LogP contribution in [0.5, 0.6) is 0 Å². The number of rotatable bonds is 7. The fourth-order valence-electron chi connectivity index (χ4n) is 3.29. The molecule has 0 unspecified atom stereocenters. The van der Waals surface area contributed by atoms with Crippen molar-refractivity contribution in [2.24, 2.45) is 0 Å². The lowest BCUT2D eigenvalue weighted by Crippen LogP contribution is -2.47. The highest BCUT2D eigenvalue weighted by molar-refractivity contribution is 7.99. The summed E-state index contributed by atoms with van der Waals surface area (Å²) in [6.07, 6.45) is 2.05. The third-order valence-electron chi connectivity index (χ3n) is 4.84. The van der Waals surface area contributed by atoms with E-state index in [-0.39, 0.29) is 23.8 Å². The van der Waals surface area contributed by atoms with Crippen molar-refractivity contribution >= 4 is 35.2 Å². The molecule has 2 aliphatic rings. The Kier molecular flexibility index (Phi) is 6.48. The van der Waals surface area contributed by atoms with Gasteiger partial charge in [-0.3, -0.25) is 14.5 Å². The maximum atomic E-state index is 13.0. The molecule has 0 aromatic heterocycles. The standard InChI is InChI=1S/C19H25ClN2O3S/c1-3-25-19(24)13(2)22(14-8-9-14)12-17(23)21-10-11-26-18(21)15-6-4-5-7-16(15)20/h4-7,13-14,18H,3,8-12H2,1-2H3/t13-,18+/m0/s1. The first kappa shape index (κ1) is 19.5. The van der Waals surface area contributed by atoms with E-state index in [1.165, 1.54) is 0 Å². The fraction of sp³-hybridized carbons (Fsp3) is 0.579. The molecule has 1 heterocycles. The fourth-order valence-corrected chi connectivity index (χ4v) is 4.91. The van der Waals surface area contributed by atoms with Crippen LogP contribution < -0.4 is 0 Å². The lowest BCUT2D eigenvalue weighted by molar-refractivity contribution is -0.150. The molecule has 1 aliphatic heterocycles. The molecule has 1 saturated carbocycles. The Morgan fingerprint density at radius 3 is 2.77 bits per heavy atom. The Balaban J connectivity index is 1.71. The number of nitrogens with zero attached hydrogens (tertiary/aromatic N) is 2. The van der Waals surface area contributed by atoms with Crippen LogP contribution in [-0.4, -0.2) is 59.2 Å². The Morgan fingerprint density at radius 2 is 2.12 bits per heavy atom. The van der Waals surface area contributed by atoms with Gasteiger partial charge in [-0.05, 0) is 32.8 Å². The second kappa shape index (κ2) is 8.63. The molecule has 2 atom stereocenters. The normalized spacial score (nSPS) is 21.1. The highest BCUT2D eigenvalue weighted by Crippen LogP contribution is 2.41. The summed E-state index contributed by atoms with van der Waals surface area (Å²) in [7, 11) is 0. The summed E-state index contributed by atoms with van der Waals surface area (Å²) in [6, 6.07) is 7.58. The molecule has 5 nitrogen and oxygen atoms in total. The summed E-state index contributed by atoms with van der Waals surface area (Å²) in [4.78, 5) is 29.1. The van der Waals surface area contributed by atoms with Crippen LogP contribution in [0.25, 0.3) is 0 Å². The number of hydrogen-bond donors (Lipinski definition) is 0. The Labute approximate surface area is 164 Å². The van der Waals surface area contributed by atoms with Gasteiger partial charge >= 0.3 is 5.97 Å². The van der Waals surface area contributed by atoms with E-state index in [0.717, 1.165) is 24.2 Å². The molecule has 7 heteroatoms. The zero-order valence-corrected chi connectivity index (χ0v) is 16.8. The molecule has 1 aromatic rings. The van der Waals surface area contributed by atoms with Crippen LogP contribution in [0.15, 0.2) is 24.3 Å². The minimum atomic E-state index is -0.402. The van der Waals surface area contributed by atoms with Gasteiger partial charge in [0.05, 0.1) is 13.2 Å². The number of benzene rings is 1. The van der Waals surface area contributed by atoms with Crippen molar-refractivity contribution < 1.29 is 14.3 Å². The molecule has 1 amide bonds. The number of amides is 1. The molecule has 1 saturated heterocycles. The van der Waals surface area contributed by atoms with E-state index in [9.17, 15) is 9.59 Å². The van der Waals surface area contributed by atoms with Gasteiger partial charge in [-0.25, -0.2) is 0 Å². The summed E-state index contributed by atoms with van der Waals surface area (Å²) in [5, 5.41) is 0.624. The predicted molar refractivity (Wildman–Crippen MR) is 104 cm³/mol. The van der Waals surface area contributed by atoms with E-state index in [2.05, 4.69) is 0 Å². The molecule has 2 fully saturated rings. The maximum Gasteiger partial charge on any atom is 0.323 e. The number of ether oxygens (including phenoxy) is 1. The van der Waals surface area contributed by atoms with Crippen LogP contribution in [0.3, 0.4) is 0 Å². The van der Waals surface area contributed by atoms with E-state index in [1.54, 1.807) is 18.7 Å². The molecule has 1 aliphatic carbocycles. The van der Waals surface area contributed by atoms with Gasteiger partial charge in [0.2, 0.25) is 5.91 Å². The molecular weight excluding hydrogens is 372 g/mol. The van der Waals surface area contributed by atoms with Crippen LogP contribution in [-0.2, 0) is 14.3 Å². The average molecular weight is 397 g/mol. The van der Waals surface area contributed by atoms with Crippen LogP contribution in [0.2, 0.25) is 5.02 Å². The summed E-state index contributed by atoms with van der Waals surface area (Å²) in [5.41, 5.74) is 0.974. The number of halogens is 1. The van der Waals surface area contributed by atoms with Gasteiger partial charge in [0.15, 0.2) is 0 Å². The number of esters is 1. The lowest BCUT2D eigenvalue weighted by Gasteiger charge is -2.31. The average Bonchev–Trinajstić information content (AvgIpc) is 3.35. The molecule has 142 valence electrons. The minimum Gasteiger partial charge on any atom is -0.465 e. The van der Waals surface area contributed by atoms with E-state index in [4.69, 9.17) is 16.3 Å². The van der Waals surface area contributed by atoms with E-state index in [0.29, 0.717) is 24.2 Å². The summed E-state index contributed by atoms with van der Waals surface area (Å²) < 4.78 is 5.15. The number of carbonyl (C=O) groups is 2. The number of carbonyl (C=O) groups excluding carboxylic acids is 2. The molecule has 0 N–H and O–H groups in total. The monoisotopic (exact) mass is 396 g/mol. The predicted octanol–water partition coefficient (Wildman–Crippen LogP) is 3.33. The first-order chi connectivity index (χ1) is 12.5. The van der Waals surface area contributed by atoms with Gasteiger partial charge in [0.1, 0.15) is 11.4 Å². The third-order valence-corrected chi connectivity index (χ3v) is 6.43. The molecule has 0 bridgehead atoms. The van der Waals surface area contributed by atoms with Crippen molar-refractivity contribution in [3.8, 4) is 0 Å². The van der Waals surface area contributed by atoms with Gasteiger partial charge < -0.3 is 9.64 Å². The highest BCUT2D eigenvalue weighted by atomic mass is 35.5. The van der Waals surface area contributed by atoms with Gasteiger partial charge in [-0.1, -0.05) is 29.8 Å². The summed E-state index contributed by atoms with van der Waals surface area (Å²) in [5.74, 6) is 0.673. The highest BCUT2D eigenvalue weighted by Gasteiger charge is 2.39. The second-order valence-corrected chi connectivity index (χ2v) is 8.26. The zero-order chi connectivity index (χ0) is 18.7. The van der Waals surface area contributed by atoms with E-state index in [1.807, 2.05) is 41.0 Å². The molecule has 26 heavy (non-hydrogen) atoms. The third kappa shape index (κ3) is 4.35. The van der Waals surface area contributed by atoms with Crippen molar-refractivity contribution in [1.29, 1.82) is 0 Å². The molecule has 0 radical (unpaired) electrons. The molecule has 3 rings (SSSR count). The Morgan fingerprint density at radius 1 is 1.38 bits per heavy atom. The molecular formula is C19H25ClN2O3S. The first-order valence-corrected chi connectivity index (χ1v) is 10.5. The van der Waals surface area contributed by atoms with Gasteiger partial charge in [-0.15, -0.1) is 11.8 Å². The van der Waals surface area contributed by atoms with Crippen LogP contribution in [0.4, 0.5) is 0 Å². The van der Waals surface area contributed by atoms with Gasteiger partial charge in [0, 0.05) is 28.9 Å². The zero-order valence-electron chi connectivity index (χ0n) is 15.2. The van der Waals surface area contributed by atoms with Crippen molar-refractivity contribution in [2.45, 2.75) is 44.1 Å². The van der Waals surface area contributed by atoms with Crippen molar-refractivity contribution in [3.63, 3.8) is 0 Å². The number of thioether (sulfide) groups is 1. The smallest absolute Gasteiger partial charge is 0.323 e. The molecule has 0 spiro atoms. The largest absolute Gasteiger partial charge is 0.465 e. The quantitative estimate of drug-likeness (QED) is 0.661. The van der Waals surface area contributed by atoms with Crippen molar-refractivity contribution in [2.75, 3.05) is 25.4 Å². The second-order valence-electron chi connectivity index (χ2n) is 6.66. The Bertz CT molecular complexity index is 668. The number of hydrogen-bond acceptors (Lipinski definition) is 5. The SMILES string of the molecule is CCOC(=O)[C@H](C)N(CC(=O)N1CCS[C@@H]1c1ccccc1Cl)C1CC1. The van der Waals surface area contributed by atoms with Crippen LogP contribution >= 0.6 is 23.4 Å².